The quantitative estimate of drug-likeness (QED) is 0.816. The zero-order valence-electron chi connectivity index (χ0n) is 10.6. The van der Waals surface area contributed by atoms with Crippen LogP contribution in [0.5, 0.6) is 11.5 Å². The Morgan fingerprint density at radius 2 is 1.85 bits per heavy atom. The lowest BCUT2D eigenvalue weighted by atomic mass is 10.1. The summed E-state index contributed by atoms with van der Waals surface area (Å²) in [6.07, 6.45) is 2.66. The molecule has 0 aliphatic carbocycles. The van der Waals surface area contributed by atoms with E-state index in [2.05, 4.69) is 9.97 Å². The molecule has 20 heavy (non-hydrogen) atoms. The maximum absolute atomic E-state index is 11.1. The van der Waals surface area contributed by atoms with Crippen molar-refractivity contribution in [1.82, 2.24) is 9.97 Å². The SMILES string of the molecule is O=c1ncc2c(cn1)OC(Cc1ccccc1)OCO2. The first-order valence-electron chi connectivity index (χ1n) is 6.12. The summed E-state index contributed by atoms with van der Waals surface area (Å²) in [6.45, 7) is 0.0321. The number of ether oxygens (including phenoxy) is 3. The summed E-state index contributed by atoms with van der Waals surface area (Å²) in [6, 6.07) is 9.82. The van der Waals surface area contributed by atoms with Crippen molar-refractivity contribution in [1.29, 1.82) is 0 Å². The van der Waals surface area contributed by atoms with Crippen LogP contribution in [0.1, 0.15) is 5.56 Å². The summed E-state index contributed by atoms with van der Waals surface area (Å²) in [7, 11) is 0. The fraction of sp³-hybridized carbons (Fsp3) is 0.214. The highest BCUT2D eigenvalue weighted by atomic mass is 16.8. The molecule has 0 fully saturated rings. The highest BCUT2D eigenvalue weighted by Gasteiger charge is 2.19. The second-order valence-corrected chi connectivity index (χ2v) is 4.19. The van der Waals surface area contributed by atoms with Gasteiger partial charge < -0.3 is 14.2 Å². The van der Waals surface area contributed by atoms with Gasteiger partial charge in [-0.15, -0.1) is 0 Å². The molecule has 1 aromatic carbocycles. The van der Waals surface area contributed by atoms with E-state index in [1.807, 2.05) is 30.3 Å². The molecule has 0 bridgehead atoms. The Morgan fingerprint density at radius 3 is 2.65 bits per heavy atom. The van der Waals surface area contributed by atoms with Gasteiger partial charge in [0.2, 0.25) is 6.29 Å². The average Bonchev–Trinajstić information content (AvgIpc) is 2.75. The molecular formula is C14H12N2O4. The van der Waals surface area contributed by atoms with Crippen LogP contribution >= 0.6 is 0 Å². The van der Waals surface area contributed by atoms with E-state index in [9.17, 15) is 4.79 Å². The van der Waals surface area contributed by atoms with Gasteiger partial charge in [0.15, 0.2) is 18.3 Å². The third-order valence-electron chi connectivity index (χ3n) is 2.80. The molecule has 1 aliphatic heterocycles. The second-order valence-electron chi connectivity index (χ2n) is 4.19. The topological polar surface area (TPSA) is 70.5 Å². The van der Waals surface area contributed by atoms with Crippen molar-refractivity contribution in [2.75, 3.05) is 6.79 Å². The molecule has 0 N–H and O–H groups in total. The Labute approximate surface area is 115 Å². The molecule has 1 aliphatic rings. The first-order chi connectivity index (χ1) is 9.81. The molecule has 6 nitrogen and oxygen atoms in total. The van der Waals surface area contributed by atoms with E-state index < -0.39 is 12.0 Å². The van der Waals surface area contributed by atoms with Crippen LogP contribution in [0.2, 0.25) is 0 Å². The molecule has 2 aromatic rings. The molecule has 1 unspecified atom stereocenters. The van der Waals surface area contributed by atoms with Gasteiger partial charge in [-0.1, -0.05) is 30.3 Å². The van der Waals surface area contributed by atoms with Crippen molar-refractivity contribution in [3.05, 3.63) is 58.8 Å². The minimum absolute atomic E-state index is 0.0321. The van der Waals surface area contributed by atoms with Gasteiger partial charge in [-0.05, 0) is 5.56 Å². The van der Waals surface area contributed by atoms with E-state index in [1.165, 1.54) is 12.4 Å². The van der Waals surface area contributed by atoms with Crippen LogP contribution in [0.25, 0.3) is 0 Å². The maximum atomic E-state index is 11.1. The minimum atomic E-state index is -0.592. The third kappa shape index (κ3) is 2.92. The van der Waals surface area contributed by atoms with Crippen molar-refractivity contribution in [3.8, 4) is 11.5 Å². The lowest BCUT2D eigenvalue weighted by Crippen LogP contribution is -2.23. The number of rotatable bonds is 2. The van der Waals surface area contributed by atoms with Crippen LogP contribution < -0.4 is 15.2 Å². The van der Waals surface area contributed by atoms with E-state index in [1.54, 1.807) is 0 Å². The van der Waals surface area contributed by atoms with Crippen molar-refractivity contribution in [2.45, 2.75) is 12.7 Å². The van der Waals surface area contributed by atoms with E-state index in [-0.39, 0.29) is 6.79 Å². The number of nitrogens with zero attached hydrogens (tertiary/aromatic N) is 2. The fourth-order valence-electron chi connectivity index (χ4n) is 1.84. The zero-order chi connectivity index (χ0) is 13.8. The molecule has 6 heteroatoms. The molecule has 1 aromatic heterocycles. The first kappa shape index (κ1) is 12.6. The predicted octanol–water partition coefficient (Wildman–Crippen LogP) is 1.15. The number of aromatic nitrogens is 2. The summed E-state index contributed by atoms with van der Waals surface area (Å²) in [5, 5.41) is 0. The average molecular weight is 272 g/mol. The van der Waals surface area contributed by atoms with Crippen LogP contribution in [-0.4, -0.2) is 23.1 Å². The van der Waals surface area contributed by atoms with Crippen LogP contribution in [0, 0.1) is 0 Å². The Kier molecular flexibility index (Phi) is 3.56. The van der Waals surface area contributed by atoms with Gasteiger partial charge in [-0.25, -0.2) is 4.79 Å². The van der Waals surface area contributed by atoms with Crippen molar-refractivity contribution in [3.63, 3.8) is 0 Å². The zero-order valence-corrected chi connectivity index (χ0v) is 10.6. The largest absolute Gasteiger partial charge is 0.462 e. The van der Waals surface area contributed by atoms with E-state index >= 15 is 0 Å². The third-order valence-corrected chi connectivity index (χ3v) is 2.80. The lowest BCUT2D eigenvalue weighted by molar-refractivity contribution is -0.110. The van der Waals surface area contributed by atoms with Crippen LogP contribution in [-0.2, 0) is 11.2 Å². The lowest BCUT2D eigenvalue weighted by Gasteiger charge is -2.15. The Morgan fingerprint density at radius 1 is 1.10 bits per heavy atom. The van der Waals surface area contributed by atoms with Crippen LogP contribution in [0.4, 0.5) is 0 Å². The van der Waals surface area contributed by atoms with Crippen molar-refractivity contribution >= 4 is 0 Å². The molecule has 0 saturated heterocycles. The normalized spacial score (nSPS) is 17.3. The van der Waals surface area contributed by atoms with Gasteiger partial charge in [-0.2, -0.15) is 9.97 Å². The van der Waals surface area contributed by atoms with Gasteiger partial charge >= 0.3 is 5.69 Å². The highest BCUT2D eigenvalue weighted by Crippen LogP contribution is 2.27. The smallest absolute Gasteiger partial charge is 0.367 e. The van der Waals surface area contributed by atoms with Crippen molar-refractivity contribution < 1.29 is 14.2 Å². The van der Waals surface area contributed by atoms with Gasteiger partial charge in [0.1, 0.15) is 0 Å². The van der Waals surface area contributed by atoms with E-state index in [0.717, 1.165) is 5.56 Å². The molecule has 3 rings (SSSR count). The highest BCUT2D eigenvalue weighted by molar-refractivity contribution is 5.34. The molecule has 1 atom stereocenters. The van der Waals surface area contributed by atoms with Crippen LogP contribution in [0.15, 0.2) is 47.5 Å². The number of fused-ring (bicyclic) bond motifs is 1. The molecular weight excluding hydrogens is 260 g/mol. The van der Waals surface area contributed by atoms with Crippen molar-refractivity contribution in [2.24, 2.45) is 0 Å². The molecule has 102 valence electrons. The van der Waals surface area contributed by atoms with E-state index in [0.29, 0.717) is 17.9 Å². The standard InChI is InChI=1S/C14H12N2O4/c17-14-15-7-11-12(8-16-14)20-13(19-9-18-11)6-10-4-2-1-3-5-10/h1-5,7-8,13H,6,9H2. The summed E-state index contributed by atoms with van der Waals surface area (Å²) in [5.74, 6) is 0.688. The Hall–Kier alpha value is -2.47. The minimum Gasteiger partial charge on any atom is -0.462 e. The number of hydrogen-bond acceptors (Lipinski definition) is 6. The first-order valence-corrected chi connectivity index (χ1v) is 6.12. The van der Waals surface area contributed by atoms with Gasteiger partial charge in [-0.3, -0.25) is 0 Å². The maximum Gasteiger partial charge on any atom is 0.367 e. The monoisotopic (exact) mass is 272 g/mol. The van der Waals surface area contributed by atoms with Gasteiger partial charge in [0.25, 0.3) is 0 Å². The molecule has 0 amide bonds. The summed E-state index contributed by atoms with van der Waals surface area (Å²) < 4.78 is 16.5. The van der Waals surface area contributed by atoms with Gasteiger partial charge in [0.05, 0.1) is 12.4 Å². The van der Waals surface area contributed by atoms with E-state index in [4.69, 9.17) is 14.2 Å². The summed E-state index contributed by atoms with van der Waals surface area (Å²) in [5.41, 5.74) is 0.489. The molecule has 0 spiro atoms. The molecule has 2 heterocycles. The Bertz CT molecular complexity index is 648. The second kappa shape index (κ2) is 5.66. The number of benzene rings is 1. The molecule has 0 saturated carbocycles. The Balaban J connectivity index is 1.83. The fourth-order valence-corrected chi connectivity index (χ4v) is 1.84. The summed E-state index contributed by atoms with van der Waals surface area (Å²) in [4.78, 5) is 18.3. The summed E-state index contributed by atoms with van der Waals surface area (Å²) >= 11 is 0. The van der Waals surface area contributed by atoms with Gasteiger partial charge in [0, 0.05) is 6.42 Å². The van der Waals surface area contributed by atoms with Crippen LogP contribution in [0.3, 0.4) is 0 Å². The predicted molar refractivity (Wildman–Crippen MR) is 69.4 cm³/mol. The number of hydrogen-bond donors (Lipinski definition) is 0. The molecule has 0 radical (unpaired) electrons.